The van der Waals surface area contributed by atoms with Gasteiger partial charge in [-0.3, -0.25) is 4.79 Å². The van der Waals surface area contributed by atoms with Gasteiger partial charge in [-0.1, -0.05) is 0 Å². The quantitative estimate of drug-likeness (QED) is 0.843. The molecule has 0 aliphatic carbocycles. The van der Waals surface area contributed by atoms with Gasteiger partial charge in [-0.25, -0.2) is 17.2 Å². The predicted octanol–water partition coefficient (Wildman–Crippen LogP) is 1.19. The molecule has 1 aromatic carbocycles. The van der Waals surface area contributed by atoms with Crippen LogP contribution in [0.5, 0.6) is 0 Å². The number of piperidine rings is 1. The Bertz CT molecular complexity index is 773. The molecule has 2 heterocycles. The summed E-state index contributed by atoms with van der Waals surface area (Å²) in [6.45, 7) is 1.89. The fourth-order valence-electron chi connectivity index (χ4n) is 3.59. The molecule has 0 aromatic heterocycles. The molecule has 0 spiro atoms. The van der Waals surface area contributed by atoms with E-state index < -0.39 is 26.6 Å². The van der Waals surface area contributed by atoms with Crippen LogP contribution in [0, 0.1) is 17.6 Å². The van der Waals surface area contributed by atoms with Crippen LogP contribution in [0.15, 0.2) is 23.1 Å². The molecule has 1 amide bonds. The SMILES string of the molecule is CN(C(=O)C1CCN(S(=O)(=O)c2cc(F)ccc2F)CC1)C1CCNC1. The number of hydrogen-bond acceptors (Lipinski definition) is 4. The molecule has 1 N–H and O–H groups in total. The van der Waals surface area contributed by atoms with Crippen molar-refractivity contribution in [2.45, 2.75) is 30.2 Å². The number of benzene rings is 1. The third-order valence-corrected chi connectivity index (χ3v) is 7.16. The highest BCUT2D eigenvalue weighted by molar-refractivity contribution is 7.89. The highest BCUT2D eigenvalue weighted by atomic mass is 32.2. The van der Waals surface area contributed by atoms with Gasteiger partial charge in [0.05, 0.1) is 0 Å². The first kappa shape index (κ1) is 19.2. The second kappa shape index (κ2) is 7.58. The third-order valence-electron chi connectivity index (χ3n) is 5.24. The molecule has 2 saturated heterocycles. The summed E-state index contributed by atoms with van der Waals surface area (Å²) in [4.78, 5) is 13.7. The summed E-state index contributed by atoms with van der Waals surface area (Å²) in [5.41, 5.74) is 0. The van der Waals surface area contributed by atoms with Crippen molar-refractivity contribution in [2.24, 2.45) is 5.92 Å². The van der Waals surface area contributed by atoms with E-state index in [0.29, 0.717) is 18.9 Å². The molecule has 1 unspecified atom stereocenters. The number of carbonyl (C=O) groups is 1. The zero-order chi connectivity index (χ0) is 18.9. The lowest BCUT2D eigenvalue weighted by Crippen LogP contribution is -2.46. The van der Waals surface area contributed by atoms with Crippen LogP contribution in [0.4, 0.5) is 8.78 Å². The third kappa shape index (κ3) is 3.74. The monoisotopic (exact) mass is 387 g/mol. The molecule has 9 heteroatoms. The molecular formula is C17H23F2N3O3S. The summed E-state index contributed by atoms with van der Waals surface area (Å²) in [6.07, 6.45) is 1.66. The number of halogens is 2. The maximum atomic E-state index is 13.9. The molecule has 6 nitrogen and oxygen atoms in total. The fraction of sp³-hybridized carbons (Fsp3) is 0.588. The van der Waals surface area contributed by atoms with Crippen molar-refractivity contribution >= 4 is 15.9 Å². The Morgan fingerprint density at radius 2 is 1.92 bits per heavy atom. The van der Waals surface area contributed by atoms with E-state index in [2.05, 4.69) is 5.32 Å². The number of hydrogen-bond donors (Lipinski definition) is 1. The van der Waals surface area contributed by atoms with Crippen LogP contribution in [-0.4, -0.2) is 62.8 Å². The lowest BCUT2D eigenvalue weighted by Gasteiger charge is -2.34. The normalized spacial score (nSPS) is 22.5. The van der Waals surface area contributed by atoms with Crippen LogP contribution >= 0.6 is 0 Å². The van der Waals surface area contributed by atoms with Crippen LogP contribution in [-0.2, 0) is 14.8 Å². The van der Waals surface area contributed by atoms with Crippen LogP contribution in [0.1, 0.15) is 19.3 Å². The Morgan fingerprint density at radius 1 is 1.23 bits per heavy atom. The standard InChI is InChI=1S/C17H23F2N3O3S/c1-21(14-4-7-20-11-14)17(23)12-5-8-22(9-6-12)26(24,25)16-10-13(18)2-3-15(16)19/h2-3,10,12,14,20H,4-9,11H2,1H3. The van der Waals surface area contributed by atoms with Crippen molar-refractivity contribution < 1.29 is 22.0 Å². The van der Waals surface area contributed by atoms with E-state index in [1.54, 1.807) is 11.9 Å². The zero-order valence-corrected chi connectivity index (χ0v) is 15.4. The predicted molar refractivity (Wildman–Crippen MR) is 91.9 cm³/mol. The number of likely N-dealkylation sites (N-methyl/N-ethyl adjacent to an activating group) is 1. The first-order valence-corrected chi connectivity index (χ1v) is 10.2. The summed E-state index contributed by atoms with van der Waals surface area (Å²) in [5, 5.41) is 3.22. The second-order valence-corrected chi connectivity index (χ2v) is 8.76. The first-order valence-electron chi connectivity index (χ1n) is 8.73. The van der Waals surface area contributed by atoms with Crippen molar-refractivity contribution in [1.82, 2.24) is 14.5 Å². The molecule has 0 saturated carbocycles. The number of amides is 1. The molecule has 1 aromatic rings. The first-order chi connectivity index (χ1) is 12.3. The number of nitrogens with one attached hydrogen (secondary N) is 1. The van der Waals surface area contributed by atoms with E-state index >= 15 is 0 Å². The molecule has 1 atom stereocenters. The summed E-state index contributed by atoms with van der Waals surface area (Å²) < 4.78 is 53.5. The Labute approximate surface area is 152 Å². The van der Waals surface area contributed by atoms with Crippen LogP contribution < -0.4 is 5.32 Å². The largest absolute Gasteiger partial charge is 0.341 e. The average molecular weight is 387 g/mol. The number of rotatable bonds is 4. The van der Waals surface area contributed by atoms with Crippen LogP contribution in [0.3, 0.4) is 0 Å². The van der Waals surface area contributed by atoms with Crippen molar-refractivity contribution in [3.8, 4) is 0 Å². The van der Waals surface area contributed by atoms with Gasteiger partial charge in [0, 0.05) is 38.6 Å². The fourth-order valence-corrected chi connectivity index (χ4v) is 5.14. The van der Waals surface area contributed by atoms with Gasteiger partial charge < -0.3 is 10.2 Å². The maximum absolute atomic E-state index is 13.9. The summed E-state index contributed by atoms with van der Waals surface area (Å²) in [7, 11) is -2.33. The summed E-state index contributed by atoms with van der Waals surface area (Å²) >= 11 is 0. The molecule has 2 fully saturated rings. The van der Waals surface area contributed by atoms with Gasteiger partial charge in [0.1, 0.15) is 16.5 Å². The summed E-state index contributed by atoms with van der Waals surface area (Å²) in [5.74, 6) is -2.00. The molecule has 26 heavy (non-hydrogen) atoms. The van der Waals surface area contributed by atoms with Gasteiger partial charge in [0.2, 0.25) is 15.9 Å². The summed E-state index contributed by atoms with van der Waals surface area (Å²) in [6, 6.07) is 2.56. The number of sulfonamides is 1. The Morgan fingerprint density at radius 3 is 2.54 bits per heavy atom. The number of carbonyl (C=O) groups excluding carboxylic acids is 1. The molecule has 0 radical (unpaired) electrons. The van der Waals surface area contributed by atoms with Crippen LogP contribution in [0.2, 0.25) is 0 Å². The van der Waals surface area contributed by atoms with E-state index in [-0.39, 0.29) is 31.0 Å². The second-order valence-electron chi connectivity index (χ2n) is 6.85. The van der Waals surface area contributed by atoms with Crippen molar-refractivity contribution in [3.05, 3.63) is 29.8 Å². The van der Waals surface area contributed by atoms with Gasteiger partial charge in [-0.05, 0) is 44.0 Å². The zero-order valence-electron chi connectivity index (χ0n) is 14.6. The minimum absolute atomic E-state index is 0.0210. The van der Waals surface area contributed by atoms with E-state index in [4.69, 9.17) is 0 Å². The van der Waals surface area contributed by atoms with E-state index in [1.807, 2.05) is 0 Å². The van der Waals surface area contributed by atoms with Crippen LogP contribution in [0.25, 0.3) is 0 Å². The van der Waals surface area contributed by atoms with E-state index in [1.165, 1.54) is 0 Å². The molecule has 2 aliphatic rings. The lowest BCUT2D eigenvalue weighted by atomic mass is 9.96. The smallest absolute Gasteiger partial charge is 0.246 e. The van der Waals surface area contributed by atoms with Gasteiger partial charge in [0.15, 0.2) is 0 Å². The average Bonchev–Trinajstić information content (AvgIpc) is 3.17. The Kier molecular flexibility index (Phi) is 5.59. The Hall–Kier alpha value is -1.58. The minimum Gasteiger partial charge on any atom is -0.341 e. The molecule has 144 valence electrons. The van der Waals surface area contributed by atoms with E-state index in [0.717, 1.165) is 35.9 Å². The van der Waals surface area contributed by atoms with Crippen molar-refractivity contribution in [2.75, 3.05) is 33.2 Å². The lowest BCUT2D eigenvalue weighted by molar-refractivity contribution is -0.137. The number of nitrogens with zero attached hydrogens (tertiary/aromatic N) is 2. The molecule has 3 rings (SSSR count). The molecule has 2 aliphatic heterocycles. The molecule has 0 bridgehead atoms. The highest BCUT2D eigenvalue weighted by Crippen LogP contribution is 2.27. The van der Waals surface area contributed by atoms with Gasteiger partial charge in [-0.2, -0.15) is 4.31 Å². The van der Waals surface area contributed by atoms with Gasteiger partial charge >= 0.3 is 0 Å². The van der Waals surface area contributed by atoms with Crippen molar-refractivity contribution in [1.29, 1.82) is 0 Å². The van der Waals surface area contributed by atoms with Crippen molar-refractivity contribution in [3.63, 3.8) is 0 Å². The molecular weight excluding hydrogens is 364 g/mol. The van der Waals surface area contributed by atoms with Gasteiger partial charge in [-0.15, -0.1) is 0 Å². The van der Waals surface area contributed by atoms with E-state index in [9.17, 15) is 22.0 Å². The highest BCUT2D eigenvalue weighted by Gasteiger charge is 2.36. The topological polar surface area (TPSA) is 69.7 Å². The van der Waals surface area contributed by atoms with Gasteiger partial charge in [0.25, 0.3) is 0 Å². The minimum atomic E-state index is -4.12. The Balaban J connectivity index is 1.66. The maximum Gasteiger partial charge on any atom is 0.246 e.